The molecule has 0 aliphatic carbocycles. The van der Waals surface area contributed by atoms with Crippen LogP contribution < -0.4 is 26.6 Å². The molecule has 7 amide bonds. The van der Waals surface area contributed by atoms with Gasteiger partial charge in [-0.3, -0.25) is 38.5 Å². The van der Waals surface area contributed by atoms with Gasteiger partial charge in [-0.15, -0.1) is 0 Å². The Bertz CT molecular complexity index is 1450. The van der Waals surface area contributed by atoms with Crippen molar-refractivity contribution in [2.24, 2.45) is 11.8 Å². The van der Waals surface area contributed by atoms with Gasteiger partial charge in [-0.25, -0.2) is 4.79 Å². The number of nitrogens with zero attached hydrogens (tertiary/aromatic N) is 2. The Morgan fingerprint density at radius 2 is 1.30 bits per heavy atom. The molecule has 57 heavy (non-hydrogen) atoms. The third-order valence-electron chi connectivity index (χ3n) is 9.80. The van der Waals surface area contributed by atoms with Crippen LogP contribution in [0.25, 0.3) is 0 Å². The molecule has 0 radical (unpaired) electrons. The maximum Gasteiger partial charge on any atom is 0.410 e. The van der Waals surface area contributed by atoms with Crippen molar-refractivity contribution in [3.63, 3.8) is 0 Å². The Morgan fingerprint density at radius 3 is 1.88 bits per heavy atom. The van der Waals surface area contributed by atoms with Crippen LogP contribution >= 0.6 is 0 Å². The first kappa shape index (κ1) is 46.9. The van der Waals surface area contributed by atoms with Crippen LogP contribution in [0.4, 0.5) is 4.79 Å². The van der Waals surface area contributed by atoms with E-state index in [0.717, 1.165) is 0 Å². The van der Waals surface area contributed by atoms with Gasteiger partial charge >= 0.3 is 12.1 Å². The molecule has 0 bridgehead atoms. The van der Waals surface area contributed by atoms with Crippen LogP contribution in [0.3, 0.4) is 0 Å². The summed E-state index contributed by atoms with van der Waals surface area (Å²) in [6, 6.07) is -6.43. The fraction of sp³-hybridized carbons (Fsp3) is 0.789. The van der Waals surface area contributed by atoms with E-state index in [-0.39, 0.29) is 32.3 Å². The summed E-state index contributed by atoms with van der Waals surface area (Å²) in [5, 5.41) is 13.2. The number of esters is 1. The highest BCUT2D eigenvalue weighted by Crippen LogP contribution is 2.26. The number of amides is 7. The summed E-state index contributed by atoms with van der Waals surface area (Å²) in [6.45, 7) is 12.1. The molecule has 0 aromatic rings. The maximum atomic E-state index is 13.9. The van der Waals surface area contributed by atoms with Gasteiger partial charge in [0.2, 0.25) is 35.4 Å². The van der Waals surface area contributed by atoms with Gasteiger partial charge in [-0.1, -0.05) is 27.7 Å². The van der Waals surface area contributed by atoms with Gasteiger partial charge in [0.15, 0.2) is 0 Å². The van der Waals surface area contributed by atoms with Crippen LogP contribution in [0, 0.1) is 11.8 Å². The fourth-order valence-corrected chi connectivity index (χ4v) is 6.68. The van der Waals surface area contributed by atoms with E-state index >= 15 is 0 Å². The third kappa shape index (κ3) is 14.1. The lowest BCUT2D eigenvalue weighted by atomic mass is 9.99. The first-order chi connectivity index (χ1) is 26.8. The average Bonchev–Trinajstić information content (AvgIpc) is 3.84. The molecular formula is C38H63N7O12. The molecule has 322 valence electrons. The minimum atomic E-state index is -1.25. The summed E-state index contributed by atoms with van der Waals surface area (Å²) in [7, 11) is 1.17. The molecule has 3 fully saturated rings. The molecule has 19 nitrogen and oxygen atoms in total. The standard InChI is InChI=1S/C38H63N7O12/c1-22(2)29-34(50)41-24(31(47)39-19-28(46)54-8)20-55-17-9-10-18-56-21-25(32(48)42-30(23(3)4)35(51)43-29)40-33(49)26-13-11-15-44(26)36(52)27-14-12-16-45(27)37(53)57-38(5,6)7/h22-27,29-30H,9-21H2,1-8H3,(H,39,47)(H,40,49)(H,41,50)(H,42,48)(H,43,51). The van der Waals surface area contributed by atoms with E-state index in [1.54, 1.807) is 48.5 Å². The number of methoxy groups -OCH3 is 1. The normalized spacial score (nSPS) is 26.1. The molecule has 19 heteroatoms. The lowest BCUT2D eigenvalue weighted by Crippen LogP contribution is -2.62. The van der Waals surface area contributed by atoms with E-state index < -0.39 is 102 Å². The number of rotatable bonds is 8. The van der Waals surface area contributed by atoms with Gasteiger partial charge in [0.25, 0.3) is 0 Å². The number of carbonyl (C=O) groups is 8. The Morgan fingerprint density at radius 1 is 0.754 bits per heavy atom. The van der Waals surface area contributed by atoms with Gasteiger partial charge in [0.1, 0.15) is 48.4 Å². The highest BCUT2D eigenvalue weighted by atomic mass is 16.6. The highest BCUT2D eigenvalue weighted by molar-refractivity contribution is 5.97. The molecule has 3 rings (SSSR count). The zero-order valence-electron chi connectivity index (χ0n) is 34.6. The molecule has 5 N–H and O–H groups in total. The van der Waals surface area contributed by atoms with E-state index in [0.29, 0.717) is 51.6 Å². The fourth-order valence-electron chi connectivity index (χ4n) is 6.68. The van der Waals surface area contributed by atoms with E-state index in [9.17, 15) is 38.4 Å². The molecule has 0 spiro atoms. The number of ether oxygens (including phenoxy) is 4. The number of carbonyl (C=O) groups excluding carboxylic acids is 8. The molecular weight excluding hydrogens is 746 g/mol. The minimum absolute atomic E-state index is 0.170. The zero-order valence-corrected chi connectivity index (χ0v) is 34.6. The van der Waals surface area contributed by atoms with Crippen LogP contribution in [-0.2, 0) is 52.5 Å². The Kier molecular flexibility index (Phi) is 18.0. The smallest absolute Gasteiger partial charge is 0.410 e. The third-order valence-corrected chi connectivity index (χ3v) is 9.80. The number of hydrogen-bond donors (Lipinski definition) is 5. The number of nitrogens with one attached hydrogen (secondary N) is 5. The summed E-state index contributed by atoms with van der Waals surface area (Å²) in [6.07, 6.45) is 2.28. The van der Waals surface area contributed by atoms with Crippen molar-refractivity contribution in [3.05, 3.63) is 0 Å². The summed E-state index contributed by atoms with van der Waals surface area (Å²) in [5.74, 6) is -5.32. The van der Waals surface area contributed by atoms with Crippen molar-refractivity contribution >= 4 is 47.5 Å². The largest absolute Gasteiger partial charge is 0.468 e. The van der Waals surface area contributed by atoms with Crippen molar-refractivity contribution in [3.8, 4) is 0 Å². The molecule has 3 saturated heterocycles. The summed E-state index contributed by atoms with van der Waals surface area (Å²) >= 11 is 0. The van der Waals surface area contributed by atoms with Gasteiger partial charge < -0.3 is 50.4 Å². The maximum absolute atomic E-state index is 13.9. The van der Waals surface area contributed by atoms with Crippen LogP contribution in [0.1, 0.15) is 87.0 Å². The Labute approximate surface area is 334 Å². The van der Waals surface area contributed by atoms with E-state index in [4.69, 9.17) is 14.2 Å². The van der Waals surface area contributed by atoms with Gasteiger partial charge in [-0.2, -0.15) is 0 Å². The lowest BCUT2D eigenvalue weighted by molar-refractivity contribution is -0.143. The lowest BCUT2D eigenvalue weighted by Gasteiger charge is -2.33. The van der Waals surface area contributed by atoms with Crippen molar-refractivity contribution in [2.45, 2.75) is 129 Å². The Hall–Kier alpha value is -4.52. The zero-order chi connectivity index (χ0) is 42.4. The van der Waals surface area contributed by atoms with Crippen molar-refractivity contribution in [2.75, 3.05) is 53.2 Å². The first-order valence-corrected chi connectivity index (χ1v) is 19.9. The average molecular weight is 810 g/mol. The van der Waals surface area contributed by atoms with E-state index in [1.807, 2.05) is 0 Å². The van der Waals surface area contributed by atoms with Crippen LogP contribution in [0.2, 0.25) is 0 Å². The minimum Gasteiger partial charge on any atom is -0.468 e. The first-order valence-electron chi connectivity index (χ1n) is 19.9. The second kappa shape index (κ2) is 21.9. The highest BCUT2D eigenvalue weighted by Gasteiger charge is 2.44. The van der Waals surface area contributed by atoms with Crippen LogP contribution in [0.15, 0.2) is 0 Å². The predicted octanol–water partition coefficient (Wildman–Crippen LogP) is -0.256. The van der Waals surface area contributed by atoms with E-state index in [2.05, 4.69) is 31.3 Å². The quantitative estimate of drug-likeness (QED) is 0.200. The molecule has 0 aromatic heterocycles. The Balaban J connectivity index is 1.79. The second-order valence-electron chi connectivity index (χ2n) is 16.3. The summed E-state index contributed by atoms with van der Waals surface area (Å²) < 4.78 is 21.6. The van der Waals surface area contributed by atoms with Gasteiger partial charge in [0, 0.05) is 26.3 Å². The van der Waals surface area contributed by atoms with Crippen molar-refractivity contribution < 1.29 is 57.3 Å². The van der Waals surface area contributed by atoms with Crippen molar-refractivity contribution in [1.82, 2.24) is 36.4 Å². The SMILES string of the molecule is COC(=O)CNC(=O)C1COCCCCOCC(NC(=O)C2CCCN2C(=O)C2CCCN2C(=O)OC(C)(C)C)C(=O)NC(C(C)C)C(=O)NC(C(C)C)C(=O)N1. The topological polar surface area (TPSA) is 240 Å². The predicted molar refractivity (Wildman–Crippen MR) is 204 cm³/mol. The van der Waals surface area contributed by atoms with Gasteiger partial charge in [-0.05, 0) is 71.1 Å². The molecule has 3 aliphatic heterocycles. The van der Waals surface area contributed by atoms with Crippen LogP contribution in [0.5, 0.6) is 0 Å². The molecule has 3 aliphatic rings. The number of hydrogen-bond acceptors (Lipinski definition) is 12. The van der Waals surface area contributed by atoms with Gasteiger partial charge in [0.05, 0.1) is 20.3 Å². The monoisotopic (exact) mass is 809 g/mol. The van der Waals surface area contributed by atoms with Crippen molar-refractivity contribution in [1.29, 1.82) is 0 Å². The molecule has 3 heterocycles. The second-order valence-corrected chi connectivity index (χ2v) is 16.3. The molecule has 0 saturated carbocycles. The molecule has 0 aromatic carbocycles. The summed E-state index contributed by atoms with van der Waals surface area (Å²) in [5.41, 5.74) is -0.749. The summed E-state index contributed by atoms with van der Waals surface area (Å²) in [4.78, 5) is 109. The molecule has 6 unspecified atom stereocenters. The van der Waals surface area contributed by atoms with Crippen LogP contribution in [-0.4, -0.2) is 152 Å². The number of likely N-dealkylation sites (tertiary alicyclic amines) is 2. The molecule has 6 atom stereocenters. The van der Waals surface area contributed by atoms with E-state index in [1.165, 1.54) is 16.9 Å².